The van der Waals surface area contributed by atoms with Gasteiger partial charge in [0.15, 0.2) is 0 Å². The van der Waals surface area contributed by atoms with Crippen LogP contribution in [0.4, 0.5) is 0 Å². The summed E-state index contributed by atoms with van der Waals surface area (Å²) in [6.45, 7) is 0. The molecule has 0 unspecified atom stereocenters. The molecular formula is C10H9O2. The first-order chi connectivity index (χ1) is 5.83. The van der Waals surface area contributed by atoms with Crippen LogP contribution < -0.4 is 0 Å². The van der Waals surface area contributed by atoms with Gasteiger partial charge in [0.2, 0.25) is 0 Å². The molecule has 61 valence electrons. The fourth-order valence-electron chi connectivity index (χ4n) is 0.777. The van der Waals surface area contributed by atoms with E-state index < -0.39 is 5.97 Å². The molecule has 2 nitrogen and oxygen atoms in total. The molecule has 0 atom stereocenters. The minimum Gasteiger partial charge on any atom is -0.459 e. The van der Waals surface area contributed by atoms with E-state index in [0.717, 1.165) is 5.56 Å². The molecule has 0 spiro atoms. The topological polar surface area (TPSA) is 26.3 Å². The van der Waals surface area contributed by atoms with Gasteiger partial charge in [-0.1, -0.05) is 30.3 Å². The highest BCUT2D eigenvalue weighted by Gasteiger charge is 1.89. The number of carbonyl (C=O) groups is 1. The lowest BCUT2D eigenvalue weighted by Gasteiger charge is -1.90. The second-order valence-electron chi connectivity index (χ2n) is 2.21. The van der Waals surface area contributed by atoms with Crippen molar-refractivity contribution in [2.75, 3.05) is 0 Å². The van der Waals surface area contributed by atoms with Crippen LogP contribution in [-0.2, 0) is 9.53 Å². The highest BCUT2D eigenvalue weighted by molar-refractivity contribution is 5.87. The van der Waals surface area contributed by atoms with Crippen LogP contribution in [-0.4, -0.2) is 5.97 Å². The SMILES string of the molecule is [CH2]OC(=O)C=Cc1ccccc1. The monoisotopic (exact) mass is 161 g/mol. The Morgan fingerprint density at radius 1 is 1.33 bits per heavy atom. The average molecular weight is 161 g/mol. The summed E-state index contributed by atoms with van der Waals surface area (Å²) < 4.78 is 4.20. The van der Waals surface area contributed by atoms with Gasteiger partial charge in [0.25, 0.3) is 0 Å². The number of ether oxygens (including phenoxy) is 1. The smallest absolute Gasteiger partial charge is 0.330 e. The van der Waals surface area contributed by atoms with Crippen molar-refractivity contribution in [3.63, 3.8) is 0 Å². The molecule has 0 aliphatic carbocycles. The summed E-state index contributed by atoms with van der Waals surface area (Å²) in [6, 6.07) is 9.50. The van der Waals surface area contributed by atoms with E-state index in [1.165, 1.54) is 6.08 Å². The van der Waals surface area contributed by atoms with Gasteiger partial charge >= 0.3 is 5.97 Å². The van der Waals surface area contributed by atoms with Gasteiger partial charge in [0.05, 0.1) is 0 Å². The predicted molar refractivity (Wildman–Crippen MR) is 46.9 cm³/mol. The second kappa shape index (κ2) is 4.34. The molecule has 0 aliphatic heterocycles. The van der Waals surface area contributed by atoms with Gasteiger partial charge in [-0.25, -0.2) is 4.79 Å². The Morgan fingerprint density at radius 3 is 2.58 bits per heavy atom. The van der Waals surface area contributed by atoms with Crippen LogP contribution in [0.2, 0.25) is 0 Å². The lowest BCUT2D eigenvalue weighted by atomic mass is 10.2. The second-order valence-corrected chi connectivity index (χ2v) is 2.21. The minimum atomic E-state index is -0.446. The Morgan fingerprint density at radius 2 is 2.00 bits per heavy atom. The van der Waals surface area contributed by atoms with Gasteiger partial charge in [-0.3, -0.25) is 0 Å². The van der Waals surface area contributed by atoms with Crippen molar-refractivity contribution in [3.05, 3.63) is 49.1 Å². The summed E-state index contributed by atoms with van der Waals surface area (Å²) in [6.07, 6.45) is 3.01. The number of rotatable bonds is 2. The molecule has 1 aromatic rings. The molecule has 1 aromatic carbocycles. The Balaban J connectivity index is 2.64. The van der Waals surface area contributed by atoms with Crippen LogP contribution in [0.1, 0.15) is 5.56 Å². The maximum Gasteiger partial charge on any atom is 0.330 e. The van der Waals surface area contributed by atoms with Crippen molar-refractivity contribution in [3.8, 4) is 0 Å². The summed E-state index contributed by atoms with van der Waals surface area (Å²) in [4.78, 5) is 10.6. The van der Waals surface area contributed by atoms with E-state index in [1.807, 2.05) is 30.3 Å². The highest BCUT2D eigenvalue weighted by atomic mass is 16.5. The fourth-order valence-corrected chi connectivity index (χ4v) is 0.777. The van der Waals surface area contributed by atoms with Crippen LogP contribution in [0, 0.1) is 7.11 Å². The molecule has 0 fully saturated rings. The zero-order chi connectivity index (χ0) is 8.81. The largest absolute Gasteiger partial charge is 0.459 e. The molecule has 0 amide bonds. The molecular weight excluding hydrogens is 152 g/mol. The molecule has 0 saturated carbocycles. The van der Waals surface area contributed by atoms with Gasteiger partial charge in [-0.05, 0) is 11.6 Å². The third-order valence-electron chi connectivity index (χ3n) is 1.35. The van der Waals surface area contributed by atoms with Gasteiger partial charge < -0.3 is 4.74 Å². The normalized spacial score (nSPS) is 10.1. The number of benzene rings is 1. The minimum absolute atomic E-state index is 0.446. The Hall–Kier alpha value is -1.57. The summed E-state index contributed by atoms with van der Waals surface area (Å²) in [5.74, 6) is -0.446. The van der Waals surface area contributed by atoms with Crippen LogP contribution in [0.25, 0.3) is 6.08 Å². The van der Waals surface area contributed by atoms with E-state index in [0.29, 0.717) is 0 Å². The van der Waals surface area contributed by atoms with Crippen LogP contribution in [0.5, 0.6) is 0 Å². The van der Waals surface area contributed by atoms with Crippen LogP contribution in [0.3, 0.4) is 0 Å². The van der Waals surface area contributed by atoms with Gasteiger partial charge in [0.1, 0.15) is 7.11 Å². The summed E-state index contributed by atoms with van der Waals surface area (Å²) in [5.41, 5.74) is 0.961. The van der Waals surface area contributed by atoms with Crippen LogP contribution >= 0.6 is 0 Å². The van der Waals surface area contributed by atoms with Crippen molar-refractivity contribution in [2.24, 2.45) is 0 Å². The van der Waals surface area contributed by atoms with Crippen LogP contribution in [0.15, 0.2) is 36.4 Å². The summed E-state index contributed by atoms with van der Waals surface area (Å²) >= 11 is 0. The third kappa shape index (κ3) is 2.58. The average Bonchev–Trinajstić information content (AvgIpc) is 2.16. The maximum absolute atomic E-state index is 10.6. The zero-order valence-corrected chi connectivity index (χ0v) is 6.57. The van der Waals surface area contributed by atoms with Crippen molar-refractivity contribution in [1.82, 2.24) is 0 Å². The van der Waals surface area contributed by atoms with E-state index in [2.05, 4.69) is 11.8 Å². The van der Waals surface area contributed by atoms with E-state index in [1.54, 1.807) is 6.08 Å². The zero-order valence-electron chi connectivity index (χ0n) is 6.57. The molecule has 2 heteroatoms. The van der Waals surface area contributed by atoms with E-state index in [-0.39, 0.29) is 0 Å². The number of hydrogen-bond donors (Lipinski definition) is 0. The molecule has 1 rings (SSSR count). The fraction of sp³-hybridized carbons (Fsp3) is 0. The quantitative estimate of drug-likeness (QED) is 0.490. The van der Waals surface area contributed by atoms with Gasteiger partial charge in [-0.2, -0.15) is 0 Å². The lowest BCUT2D eigenvalue weighted by Crippen LogP contribution is -1.90. The lowest BCUT2D eigenvalue weighted by molar-refractivity contribution is -0.132. The molecule has 0 aliphatic rings. The molecule has 1 radical (unpaired) electrons. The highest BCUT2D eigenvalue weighted by Crippen LogP contribution is 2.00. The predicted octanol–water partition coefficient (Wildman–Crippen LogP) is 2.03. The van der Waals surface area contributed by atoms with Gasteiger partial charge in [-0.15, -0.1) is 0 Å². The first kappa shape index (κ1) is 8.53. The summed E-state index contributed by atoms with van der Waals surface area (Å²) in [5, 5.41) is 0. The van der Waals surface area contributed by atoms with Crippen molar-refractivity contribution < 1.29 is 9.53 Å². The van der Waals surface area contributed by atoms with E-state index in [9.17, 15) is 4.79 Å². The number of hydrogen-bond acceptors (Lipinski definition) is 2. The molecule has 0 heterocycles. The third-order valence-corrected chi connectivity index (χ3v) is 1.35. The first-order valence-electron chi connectivity index (χ1n) is 3.52. The molecule has 0 saturated heterocycles. The Labute approximate surface area is 71.5 Å². The standard InChI is InChI=1S/C10H9O2/c1-12-10(11)8-7-9-5-3-2-4-6-9/h2-8H,1H2. The molecule has 12 heavy (non-hydrogen) atoms. The Kier molecular flexibility index (Phi) is 3.08. The first-order valence-corrected chi connectivity index (χ1v) is 3.52. The van der Waals surface area contributed by atoms with Gasteiger partial charge in [0, 0.05) is 6.08 Å². The number of esters is 1. The van der Waals surface area contributed by atoms with Crippen molar-refractivity contribution >= 4 is 12.0 Å². The molecule has 0 aromatic heterocycles. The van der Waals surface area contributed by atoms with E-state index in [4.69, 9.17) is 0 Å². The maximum atomic E-state index is 10.6. The van der Waals surface area contributed by atoms with Crippen molar-refractivity contribution in [1.29, 1.82) is 0 Å². The Bertz CT molecular complexity index is 275. The summed E-state index contributed by atoms with van der Waals surface area (Å²) in [7, 11) is 3.00. The van der Waals surface area contributed by atoms with Crippen molar-refractivity contribution in [2.45, 2.75) is 0 Å². The molecule has 0 N–H and O–H groups in total. The molecule has 0 bridgehead atoms. The number of carbonyl (C=O) groups excluding carboxylic acids is 1. The van der Waals surface area contributed by atoms with E-state index >= 15 is 0 Å².